The largest absolute Gasteiger partial charge is 0.469 e. The Hall–Kier alpha value is -2.21. The molecule has 0 unspecified atom stereocenters. The van der Waals surface area contributed by atoms with E-state index in [1.165, 1.54) is 12.7 Å². The lowest BCUT2D eigenvalue weighted by Gasteiger charge is -2.03. The van der Waals surface area contributed by atoms with Gasteiger partial charge in [-0.3, -0.25) is 9.59 Å². The number of rotatable bonds is 6. The topological polar surface area (TPSA) is 68.3 Å². The molecule has 1 aromatic heterocycles. The Morgan fingerprint density at radius 1 is 1.27 bits per heavy atom. The number of carbonyl (C=O) groups is 2. The molecule has 1 heterocycles. The number of amides is 1. The molecule has 2 aromatic rings. The van der Waals surface area contributed by atoms with Crippen LogP contribution in [-0.4, -0.2) is 24.0 Å². The SMILES string of the molecule is COC(=O)CCC(=O)NCc1csc(-c2ccccc2C)n1. The number of methoxy groups -OCH3 is 1. The molecule has 116 valence electrons. The number of carbonyl (C=O) groups excluding carboxylic acids is 2. The van der Waals surface area contributed by atoms with Gasteiger partial charge in [0.05, 0.1) is 25.8 Å². The molecule has 0 bridgehead atoms. The summed E-state index contributed by atoms with van der Waals surface area (Å²) in [6, 6.07) is 8.06. The number of esters is 1. The van der Waals surface area contributed by atoms with Gasteiger partial charge >= 0.3 is 5.97 Å². The van der Waals surface area contributed by atoms with Crippen LogP contribution in [0.15, 0.2) is 29.6 Å². The molecule has 0 saturated heterocycles. The van der Waals surface area contributed by atoms with Gasteiger partial charge in [-0.05, 0) is 12.5 Å². The lowest BCUT2D eigenvalue weighted by Crippen LogP contribution is -2.23. The van der Waals surface area contributed by atoms with Crippen LogP contribution in [0.25, 0.3) is 10.6 Å². The Balaban J connectivity index is 1.89. The van der Waals surface area contributed by atoms with Gasteiger partial charge in [0.25, 0.3) is 0 Å². The molecule has 0 fully saturated rings. The molecule has 0 aliphatic carbocycles. The number of nitrogens with zero attached hydrogens (tertiary/aromatic N) is 1. The van der Waals surface area contributed by atoms with Crippen molar-refractivity contribution in [1.29, 1.82) is 0 Å². The van der Waals surface area contributed by atoms with Gasteiger partial charge in [0.2, 0.25) is 5.91 Å². The highest BCUT2D eigenvalue weighted by atomic mass is 32.1. The van der Waals surface area contributed by atoms with Crippen LogP contribution in [0.2, 0.25) is 0 Å². The van der Waals surface area contributed by atoms with Crippen LogP contribution in [0.1, 0.15) is 24.1 Å². The van der Waals surface area contributed by atoms with E-state index in [9.17, 15) is 9.59 Å². The quantitative estimate of drug-likeness (QED) is 0.832. The van der Waals surface area contributed by atoms with Crippen molar-refractivity contribution >= 4 is 23.2 Å². The molecule has 0 aliphatic rings. The van der Waals surface area contributed by atoms with Crippen LogP contribution < -0.4 is 5.32 Å². The summed E-state index contributed by atoms with van der Waals surface area (Å²) in [6.45, 7) is 2.41. The van der Waals surface area contributed by atoms with Crippen LogP contribution in [0, 0.1) is 6.92 Å². The first-order valence-electron chi connectivity index (χ1n) is 6.94. The molecule has 0 saturated carbocycles. The Morgan fingerprint density at radius 3 is 2.77 bits per heavy atom. The molecule has 1 aromatic carbocycles. The molecule has 22 heavy (non-hydrogen) atoms. The highest BCUT2D eigenvalue weighted by Crippen LogP contribution is 2.26. The summed E-state index contributed by atoms with van der Waals surface area (Å²) in [7, 11) is 1.31. The number of benzene rings is 1. The average Bonchev–Trinajstić information content (AvgIpc) is 2.99. The van der Waals surface area contributed by atoms with Gasteiger partial charge in [0.15, 0.2) is 0 Å². The van der Waals surface area contributed by atoms with Gasteiger partial charge in [0, 0.05) is 17.4 Å². The van der Waals surface area contributed by atoms with Crippen LogP contribution >= 0.6 is 11.3 Å². The number of aromatic nitrogens is 1. The average molecular weight is 318 g/mol. The zero-order chi connectivity index (χ0) is 15.9. The third-order valence-corrected chi connectivity index (χ3v) is 4.10. The summed E-state index contributed by atoms with van der Waals surface area (Å²) in [5.74, 6) is -0.568. The molecule has 1 amide bonds. The Bertz CT molecular complexity index is 667. The van der Waals surface area contributed by atoms with Gasteiger partial charge in [-0.1, -0.05) is 24.3 Å². The fraction of sp³-hybridized carbons (Fsp3) is 0.312. The maximum Gasteiger partial charge on any atom is 0.306 e. The molecule has 2 rings (SSSR count). The first-order valence-corrected chi connectivity index (χ1v) is 7.82. The van der Waals surface area contributed by atoms with E-state index in [2.05, 4.69) is 15.0 Å². The molecule has 5 nitrogen and oxygen atoms in total. The van der Waals surface area contributed by atoms with Gasteiger partial charge < -0.3 is 10.1 Å². The van der Waals surface area contributed by atoms with Gasteiger partial charge in [-0.2, -0.15) is 0 Å². The lowest BCUT2D eigenvalue weighted by molar-refractivity contribution is -0.142. The molecule has 1 N–H and O–H groups in total. The summed E-state index contributed by atoms with van der Waals surface area (Å²) in [5.41, 5.74) is 3.09. The first kappa shape index (κ1) is 16.2. The Kier molecular flexibility index (Phi) is 5.66. The number of aryl methyl sites for hydroxylation is 1. The summed E-state index contributed by atoms with van der Waals surface area (Å²) < 4.78 is 4.50. The zero-order valence-corrected chi connectivity index (χ0v) is 13.4. The van der Waals surface area contributed by atoms with E-state index in [4.69, 9.17) is 0 Å². The number of ether oxygens (including phenoxy) is 1. The minimum absolute atomic E-state index is 0.0911. The molecular formula is C16H18N2O3S. The number of hydrogen-bond acceptors (Lipinski definition) is 5. The van der Waals surface area contributed by atoms with Crippen molar-refractivity contribution < 1.29 is 14.3 Å². The standard InChI is InChI=1S/C16H18N2O3S/c1-11-5-3-4-6-13(11)16-18-12(10-22-16)9-17-14(19)7-8-15(20)21-2/h3-6,10H,7-9H2,1-2H3,(H,17,19). The van der Waals surface area contributed by atoms with Crippen LogP contribution in [0.5, 0.6) is 0 Å². The third-order valence-electron chi connectivity index (χ3n) is 3.18. The summed E-state index contributed by atoms with van der Waals surface area (Å²) in [4.78, 5) is 27.1. The van der Waals surface area contributed by atoms with E-state index < -0.39 is 0 Å². The molecular weight excluding hydrogens is 300 g/mol. The van der Waals surface area contributed by atoms with Gasteiger partial charge in [-0.25, -0.2) is 4.98 Å². The predicted molar refractivity (Wildman–Crippen MR) is 85.4 cm³/mol. The summed E-state index contributed by atoms with van der Waals surface area (Å²) in [5, 5.41) is 5.63. The summed E-state index contributed by atoms with van der Waals surface area (Å²) >= 11 is 1.55. The Labute approximate surface area is 133 Å². The second-order valence-electron chi connectivity index (χ2n) is 4.81. The van der Waals surface area contributed by atoms with Crippen LogP contribution in [0.4, 0.5) is 0 Å². The van der Waals surface area contributed by atoms with E-state index in [-0.39, 0.29) is 24.7 Å². The van der Waals surface area contributed by atoms with Gasteiger partial charge in [0.1, 0.15) is 5.01 Å². The maximum atomic E-state index is 11.6. The maximum absolute atomic E-state index is 11.6. The highest BCUT2D eigenvalue weighted by Gasteiger charge is 2.09. The lowest BCUT2D eigenvalue weighted by atomic mass is 10.1. The minimum Gasteiger partial charge on any atom is -0.469 e. The fourth-order valence-corrected chi connectivity index (χ4v) is 2.83. The van der Waals surface area contributed by atoms with Crippen molar-refractivity contribution in [3.63, 3.8) is 0 Å². The molecule has 0 radical (unpaired) electrons. The Morgan fingerprint density at radius 2 is 2.05 bits per heavy atom. The first-order chi connectivity index (χ1) is 10.6. The van der Waals surface area contributed by atoms with E-state index >= 15 is 0 Å². The van der Waals surface area contributed by atoms with E-state index in [1.807, 2.05) is 36.6 Å². The van der Waals surface area contributed by atoms with E-state index in [1.54, 1.807) is 11.3 Å². The monoisotopic (exact) mass is 318 g/mol. The van der Waals surface area contributed by atoms with Crippen molar-refractivity contribution in [2.24, 2.45) is 0 Å². The molecule has 0 aliphatic heterocycles. The molecule has 0 spiro atoms. The normalized spacial score (nSPS) is 10.3. The van der Waals surface area contributed by atoms with Crippen molar-refractivity contribution in [3.05, 3.63) is 40.9 Å². The number of nitrogens with one attached hydrogen (secondary N) is 1. The van der Waals surface area contributed by atoms with Gasteiger partial charge in [-0.15, -0.1) is 11.3 Å². The predicted octanol–water partition coefficient (Wildman–Crippen LogP) is 2.69. The second kappa shape index (κ2) is 7.70. The zero-order valence-electron chi connectivity index (χ0n) is 12.6. The van der Waals surface area contributed by atoms with Crippen molar-refractivity contribution in [2.75, 3.05) is 7.11 Å². The van der Waals surface area contributed by atoms with E-state index in [0.29, 0.717) is 6.54 Å². The molecule has 6 heteroatoms. The van der Waals surface area contributed by atoms with E-state index in [0.717, 1.165) is 16.3 Å². The second-order valence-corrected chi connectivity index (χ2v) is 5.67. The van der Waals surface area contributed by atoms with Crippen molar-refractivity contribution in [1.82, 2.24) is 10.3 Å². The number of thiazole rings is 1. The summed E-state index contributed by atoms with van der Waals surface area (Å²) in [6.07, 6.45) is 0.218. The van der Waals surface area contributed by atoms with Crippen molar-refractivity contribution in [2.45, 2.75) is 26.3 Å². The highest BCUT2D eigenvalue weighted by molar-refractivity contribution is 7.13. The fourth-order valence-electron chi connectivity index (χ4n) is 1.92. The smallest absolute Gasteiger partial charge is 0.306 e. The van der Waals surface area contributed by atoms with Crippen molar-refractivity contribution in [3.8, 4) is 10.6 Å². The van der Waals surface area contributed by atoms with Crippen LogP contribution in [0.3, 0.4) is 0 Å². The number of hydrogen-bond donors (Lipinski definition) is 1. The molecule has 0 atom stereocenters. The minimum atomic E-state index is -0.384. The third kappa shape index (κ3) is 4.39. The van der Waals surface area contributed by atoms with Crippen LogP contribution in [-0.2, 0) is 20.9 Å².